The molecule has 0 aromatic heterocycles. The number of carbonyl (C=O) groups excluding carboxylic acids is 1. The largest absolute Gasteiger partial charge is 0.484 e. The maximum Gasteiger partial charge on any atom is 0.258 e. The van der Waals surface area contributed by atoms with Gasteiger partial charge in [0.25, 0.3) is 5.91 Å². The van der Waals surface area contributed by atoms with Crippen LogP contribution in [-0.2, 0) is 4.79 Å². The molecule has 21 heavy (non-hydrogen) atoms. The number of ether oxygens (including phenoxy) is 1. The molecule has 1 saturated carbocycles. The van der Waals surface area contributed by atoms with Crippen LogP contribution in [0, 0.1) is 0 Å². The van der Waals surface area contributed by atoms with Crippen LogP contribution in [0.5, 0.6) is 5.75 Å². The number of aliphatic hydroxyl groups is 1. The Morgan fingerprint density at radius 2 is 2.14 bits per heavy atom. The number of hydrogen-bond donors (Lipinski definition) is 2. The summed E-state index contributed by atoms with van der Waals surface area (Å²) in [6.07, 6.45) is 3.27. The van der Waals surface area contributed by atoms with Crippen molar-refractivity contribution in [2.45, 2.75) is 57.6 Å². The van der Waals surface area contributed by atoms with E-state index in [1.54, 1.807) is 0 Å². The van der Waals surface area contributed by atoms with Crippen molar-refractivity contribution < 1.29 is 14.6 Å². The molecule has 4 heteroatoms. The molecule has 2 rings (SSSR count). The fourth-order valence-electron chi connectivity index (χ4n) is 2.64. The summed E-state index contributed by atoms with van der Waals surface area (Å²) in [5, 5.41) is 12.7. The zero-order valence-corrected chi connectivity index (χ0v) is 12.8. The summed E-state index contributed by atoms with van der Waals surface area (Å²) < 4.78 is 5.54. The highest BCUT2D eigenvalue weighted by molar-refractivity contribution is 5.77. The first-order valence-corrected chi connectivity index (χ1v) is 7.76. The molecule has 116 valence electrons. The zero-order chi connectivity index (χ0) is 15.2. The smallest absolute Gasteiger partial charge is 0.258 e. The SMILES string of the molecule is CC(C)c1cccc(OCC(=O)N[C@H]2CCCC[C@@H]2O)c1. The van der Waals surface area contributed by atoms with Crippen LogP contribution in [0.15, 0.2) is 24.3 Å². The third kappa shape index (κ3) is 4.74. The molecule has 1 aromatic rings. The molecule has 1 amide bonds. The second-order valence-corrected chi connectivity index (χ2v) is 6.04. The number of hydrogen-bond acceptors (Lipinski definition) is 3. The highest BCUT2D eigenvalue weighted by Crippen LogP contribution is 2.20. The highest BCUT2D eigenvalue weighted by Gasteiger charge is 2.24. The second kappa shape index (κ2) is 7.46. The van der Waals surface area contributed by atoms with Gasteiger partial charge in [0.15, 0.2) is 6.61 Å². The van der Waals surface area contributed by atoms with E-state index in [1.807, 2.05) is 18.2 Å². The number of aliphatic hydroxyl groups excluding tert-OH is 1. The first-order chi connectivity index (χ1) is 10.1. The molecule has 0 spiro atoms. The van der Waals surface area contributed by atoms with Gasteiger partial charge in [-0.3, -0.25) is 4.79 Å². The summed E-state index contributed by atoms with van der Waals surface area (Å²) in [6.45, 7) is 4.23. The average molecular weight is 291 g/mol. The molecule has 2 N–H and O–H groups in total. The summed E-state index contributed by atoms with van der Waals surface area (Å²) in [4.78, 5) is 11.9. The Hall–Kier alpha value is -1.55. The van der Waals surface area contributed by atoms with Crippen LogP contribution in [-0.4, -0.2) is 29.8 Å². The number of carbonyl (C=O) groups is 1. The van der Waals surface area contributed by atoms with E-state index in [0.29, 0.717) is 11.7 Å². The Balaban J connectivity index is 1.82. The van der Waals surface area contributed by atoms with Crippen LogP contribution >= 0.6 is 0 Å². The minimum absolute atomic E-state index is 0.00916. The first kappa shape index (κ1) is 15.8. The first-order valence-electron chi connectivity index (χ1n) is 7.76. The van der Waals surface area contributed by atoms with Gasteiger partial charge in [-0.2, -0.15) is 0 Å². The van der Waals surface area contributed by atoms with Crippen molar-refractivity contribution in [2.24, 2.45) is 0 Å². The summed E-state index contributed by atoms with van der Waals surface area (Å²) in [7, 11) is 0. The van der Waals surface area contributed by atoms with Crippen molar-refractivity contribution in [3.63, 3.8) is 0 Å². The number of benzene rings is 1. The van der Waals surface area contributed by atoms with Gasteiger partial charge in [-0.25, -0.2) is 0 Å². The maximum atomic E-state index is 11.9. The van der Waals surface area contributed by atoms with Crippen LogP contribution in [0.25, 0.3) is 0 Å². The summed E-state index contributed by atoms with van der Waals surface area (Å²) in [5.74, 6) is 0.969. The highest BCUT2D eigenvalue weighted by atomic mass is 16.5. The van der Waals surface area contributed by atoms with E-state index in [4.69, 9.17) is 4.74 Å². The predicted octanol–water partition coefficient (Wildman–Crippen LogP) is 2.61. The third-order valence-corrected chi connectivity index (χ3v) is 3.97. The van der Waals surface area contributed by atoms with Gasteiger partial charge in [0.2, 0.25) is 0 Å². The minimum atomic E-state index is -0.424. The molecule has 1 aliphatic rings. The van der Waals surface area contributed by atoms with Crippen molar-refractivity contribution in [1.29, 1.82) is 0 Å². The fourth-order valence-corrected chi connectivity index (χ4v) is 2.64. The second-order valence-electron chi connectivity index (χ2n) is 6.04. The van der Waals surface area contributed by atoms with E-state index in [9.17, 15) is 9.90 Å². The summed E-state index contributed by atoms with van der Waals surface area (Å²) >= 11 is 0. The molecule has 1 aliphatic carbocycles. The van der Waals surface area contributed by atoms with Crippen LogP contribution in [0.2, 0.25) is 0 Å². The van der Waals surface area contributed by atoms with Gasteiger partial charge in [-0.15, -0.1) is 0 Å². The molecule has 1 fully saturated rings. The van der Waals surface area contributed by atoms with Crippen LogP contribution < -0.4 is 10.1 Å². The van der Waals surface area contributed by atoms with Gasteiger partial charge in [-0.05, 0) is 36.5 Å². The molecule has 0 unspecified atom stereocenters. The Bertz CT molecular complexity index is 473. The van der Waals surface area contributed by atoms with Crippen molar-refractivity contribution in [3.8, 4) is 5.75 Å². The van der Waals surface area contributed by atoms with Crippen LogP contribution in [0.3, 0.4) is 0 Å². The van der Waals surface area contributed by atoms with Gasteiger partial charge in [0, 0.05) is 0 Å². The maximum absolute atomic E-state index is 11.9. The molecular weight excluding hydrogens is 266 g/mol. The predicted molar refractivity (Wildman–Crippen MR) is 82.4 cm³/mol. The van der Waals surface area contributed by atoms with E-state index in [1.165, 1.54) is 5.56 Å². The van der Waals surface area contributed by atoms with Gasteiger partial charge in [0.05, 0.1) is 12.1 Å². The lowest BCUT2D eigenvalue weighted by molar-refractivity contribution is -0.125. The van der Waals surface area contributed by atoms with E-state index in [-0.39, 0.29) is 18.6 Å². The number of amides is 1. The third-order valence-electron chi connectivity index (χ3n) is 3.97. The monoisotopic (exact) mass is 291 g/mol. The molecular formula is C17H25NO3. The summed E-state index contributed by atoms with van der Waals surface area (Å²) in [5.41, 5.74) is 1.19. The lowest BCUT2D eigenvalue weighted by Crippen LogP contribution is -2.46. The topological polar surface area (TPSA) is 58.6 Å². The average Bonchev–Trinajstić information content (AvgIpc) is 2.48. The molecule has 0 aliphatic heterocycles. The van der Waals surface area contributed by atoms with Gasteiger partial charge < -0.3 is 15.2 Å². The van der Waals surface area contributed by atoms with Crippen molar-refractivity contribution in [2.75, 3.05) is 6.61 Å². The standard InChI is InChI=1S/C17H25NO3/c1-12(2)13-6-5-7-14(10-13)21-11-17(20)18-15-8-3-4-9-16(15)19/h5-7,10,12,15-16,19H,3-4,8-9,11H2,1-2H3,(H,18,20)/t15-,16-/m0/s1. The van der Waals surface area contributed by atoms with Crippen LogP contribution in [0.1, 0.15) is 51.0 Å². The Labute approximate surface area is 126 Å². The Morgan fingerprint density at radius 1 is 1.38 bits per heavy atom. The Kier molecular flexibility index (Phi) is 5.62. The molecule has 0 radical (unpaired) electrons. The van der Waals surface area contributed by atoms with Gasteiger partial charge >= 0.3 is 0 Å². The molecule has 0 bridgehead atoms. The fraction of sp³-hybridized carbons (Fsp3) is 0.588. The van der Waals surface area contributed by atoms with Crippen LogP contribution in [0.4, 0.5) is 0 Å². The summed E-state index contributed by atoms with van der Waals surface area (Å²) in [6, 6.07) is 7.68. The minimum Gasteiger partial charge on any atom is -0.484 e. The zero-order valence-electron chi connectivity index (χ0n) is 12.8. The molecule has 0 heterocycles. The van der Waals surface area contributed by atoms with Gasteiger partial charge in [-0.1, -0.05) is 38.8 Å². The molecule has 4 nitrogen and oxygen atoms in total. The van der Waals surface area contributed by atoms with Crippen molar-refractivity contribution >= 4 is 5.91 Å². The van der Waals surface area contributed by atoms with E-state index >= 15 is 0 Å². The Morgan fingerprint density at radius 3 is 2.86 bits per heavy atom. The number of rotatable bonds is 5. The molecule has 2 atom stereocenters. The lowest BCUT2D eigenvalue weighted by Gasteiger charge is -2.28. The van der Waals surface area contributed by atoms with Crippen molar-refractivity contribution in [1.82, 2.24) is 5.32 Å². The van der Waals surface area contributed by atoms with E-state index in [2.05, 4.69) is 25.2 Å². The number of nitrogens with one attached hydrogen (secondary N) is 1. The lowest BCUT2D eigenvalue weighted by atomic mass is 9.92. The quantitative estimate of drug-likeness (QED) is 0.876. The van der Waals surface area contributed by atoms with Crippen molar-refractivity contribution in [3.05, 3.63) is 29.8 Å². The van der Waals surface area contributed by atoms with E-state index < -0.39 is 6.10 Å². The normalized spacial score (nSPS) is 22.1. The molecule has 1 aromatic carbocycles. The van der Waals surface area contributed by atoms with Gasteiger partial charge in [0.1, 0.15) is 5.75 Å². The molecule has 0 saturated heterocycles. The van der Waals surface area contributed by atoms with E-state index in [0.717, 1.165) is 25.7 Å².